The van der Waals surface area contributed by atoms with Crippen molar-refractivity contribution in [2.75, 3.05) is 0 Å². The van der Waals surface area contributed by atoms with E-state index < -0.39 is 0 Å². The Labute approximate surface area is 97.1 Å². The van der Waals surface area contributed by atoms with Crippen LogP contribution in [-0.2, 0) is 0 Å². The molecule has 0 saturated heterocycles. The minimum atomic E-state index is 0.604. The first kappa shape index (κ1) is 10.2. The van der Waals surface area contributed by atoms with E-state index in [2.05, 4.69) is 20.9 Å². The van der Waals surface area contributed by atoms with Gasteiger partial charge >= 0.3 is 0 Å². The first-order chi connectivity index (χ1) is 7.25. The van der Waals surface area contributed by atoms with Gasteiger partial charge in [0, 0.05) is 16.7 Å². The number of para-hydroxylation sites is 1. The van der Waals surface area contributed by atoms with Crippen molar-refractivity contribution < 1.29 is 4.74 Å². The van der Waals surface area contributed by atoms with Crippen LogP contribution in [0.4, 0.5) is 0 Å². The summed E-state index contributed by atoms with van der Waals surface area (Å²) in [7, 11) is 0. The maximum Gasteiger partial charge on any atom is 0.219 e. The highest BCUT2D eigenvalue weighted by Crippen LogP contribution is 2.23. The van der Waals surface area contributed by atoms with Crippen LogP contribution >= 0.6 is 15.9 Å². The van der Waals surface area contributed by atoms with Crippen LogP contribution in [0.5, 0.6) is 11.6 Å². The van der Waals surface area contributed by atoms with Gasteiger partial charge in [-0.2, -0.15) is 0 Å². The van der Waals surface area contributed by atoms with E-state index in [1.807, 2.05) is 43.3 Å². The molecule has 0 aliphatic rings. The Kier molecular flexibility index (Phi) is 3.02. The Balaban J connectivity index is 2.22. The van der Waals surface area contributed by atoms with E-state index in [1.54, 1.807) is 6.20 Å². The van der Waals surface area contributed by atoms with Crippen LogP contribution in [0, 0.1) is 6.92 Å². The lowest BCUT2D eigenvalue weighted by atomic mass is 10.2. The average molecular weight is 264 g/mol. The molecule has 0 unspecified atom stereocenters. The van der Waals surface area contributed by atoms with Crippen molar-refractivity contribution in [2.45, 2.75) is 6.92 Å². The molecule has 0 saturated carbocycles. The van der Waals surface area contributed by atoms with Crippen LogP contribution in [0.1, 0.15) is 5.56 Å². The smallest absolute Gasteiger partial charge is 0.219 e. The lowest BCUT2D eigenvalue weighted by Crippen LogP contribution is -1.89. The van der Waals surface area contributed by atoms with Crippen LogP contribution in [0.15, 0.2) is 47.1 Å². The van der Waals surface area contributed by atoms with Gasteiger partial charge < -0.3 is 4.74 Å². The first-order valence-electron chi connectivity index (χ1n) is 4.61. The fourth-order valence-corrected chi connectivity index (χ4v) is 1.44. The molecule has 0 amide bonds. The van der Waals surface area contributed by atoms with Crippen molar-refractivity contribution in [1.29, 1.82) is 0 Å². The average Bonchev–Trinajstić information content (AvgIpc) is 2.25. The Morgan fingerprint density at radius 3 is 2.60 bits per heavy atom. The highest BCUT2D eigenvalue weighted by molar-refractivity contribution is 9.10. The van der Waals surface area contributed by atoms with Gasteiger partial charge in [0.2, 0.25) is 5.88 Å². The number of hydrogen-bond donors (Lipinski definition) is 0. The highest BCUT2D eigenvalue weighted by Gasteiger charge is 2.00. The minimum Gasteiger partial charge on any atom is -0.439 e. The summed E-state index contributed by atoms with van der Waals surface area (Å²) in [6.45, 7) is 2.01. The summed E-state index contributed by atoms with van der Waals surface area (Å²) in [5.41, 5.74) is 1.10. The van der Waals surface area contributed by atoms with Crippen LogP contribution in [-0.4, -0.2) is 4.98 Å². The van der Waals surface area contributed by atoms with E-state index >= 15 is 0 Å². The number of halogens is 1. The molecule has 0 atom stereocenters. The van der Waals surface area contributed by atoms with Gasteiger partial charge in [0.15, 0.2) is 0 Å². The molecular formula is C12H10BrNO. The third-order valence-electron chi connectivity index (χ3n) is 2.01. The summed E-state index contributed by atoms with van der Waals surface area (Å²) >= 11 is 3.33. The molecule has 1 aromatic heterocycles. The van der Waals surface area contributed by atoms with E-state index in [0.29, 0.717) is 5.88 Å². The lowest BCUT2D eigenvalue weighted by Gasteiger charge is -2.06. The number of pyridine rings is 1. The van der Waals surface area contributed by atoms with Crippen molar-refractivity contribution in [1.82, 2.24) is 4.98 Å². The number of aryl methyl sites for hydroxylation is 1. The molecule has 1 aromatic carbocycles. The van der Waals surface area contributed by atoms with Gasteiger partial charge in [-0.3, -0.25) is 0 Å². The van der Waals surface area contributed by atoms with Crippen LogP contribution < -0.4 is 4.74 Å². The Morgan fingerprint density at radius 2 is 1.93 bits per heavy atom. The second-order valence-electron chi connectivity index (χ2n) is 3.18. The van der Waals surface area contributed by atoms with Gasteiger partial charge in [0.05, 0.1) is 0 Å². The molecule has 0 aliphatic carbocycles. The zero-order valence-electron chi connectivity index (χ0n) is 8.27. The maximum atomic E-state index is 5.63. The Hall–Kier alpha value is -1.35. The molecule has 0 spiro atoms. The minimum absolute atomic E-state index is 0.604. The largest absolute Gasteiger partial charge is 0.439 e. The number of benzene rings is 1. The van der Waals surface area contributed by atoms with E-state index in [-0.39, 0.29) is 0 Å². The molecule has 15 heavy (non-hydrogen) atoms. The summed E-state index contributed by atoms with van der Waals surface area (Å²) in [5.74, 6) is 1.44. The number of hydrogen-bond acceptors (Lipinski definition) is 2. The van der Waals surface area contributed by atoms with E-state index in [9.17, 15) is 0 Å². The van der Waals surface area contributed by atoms with E-state index in [1.165, 1.54) is 0 Å². The number of aromatic nitrogens is 1. The zero-order chi connectivity index (χ0) is 10.7. The molecule has 2 nitrogen and oxygen atoms in total. The summed E-state index contributed by atoms with van der Waals surface area (Å²) in [4.78, 5) is 4.15. The highest BCUT2D eigenvalue weighted by atomic mass is 79.9. The molecule has 1 heterocycles. The second kappa shape index (κ2) is 4.45. The number of ether oxygens (including phenoxy) is 1. The third kappa shape index (κ3) is 2.57. The van der Waals surface area contributed by atoms with Gasteiger partial charge in [-0.15, -0.1) is 0 Å². The third-order valence-corrected chi connectivity index (χ3v) is 2.48. The van der Waals surface area contributed by atoms with E-state index in [0.717, 1.165) is 15.8 Å². The molecule has 3 heteroatoms. The molecular weight excluding hydrogens is 254 g/mol. The van der Waals surface area contributed by atoms with Crippen molar-refractivity contribution >= 4 is 15.9 Å². The fourth-order valence-electron chi connectivity index (χ4n) is 1.21. The molecule has 2 aromatic rings. The van der Waals surface area contributed by atoms with Gasteiger partial charge in [0.1, 0.15) is 5.75 Å². The lowest BCUT2D eigenvalue weighted by molar-refractivity contribution is 0.459. The molecule has 0 bridgehead atoms. The molecule has 0 aliphatic heterocycles. The Bertz CT molecular complexity index is 453. The second-order valence-corrected chi connectivity index (χ2v) is 4.10. The summed E-state index contributed by atoms with van der Waals surface area (Å²) < 4.78 is 6.58. The van der Waals surface area contributed by atoms with Crippen LogP contribution in [0.2, 0.25) is 0 Å². The number of nitrogens with zero attached hydrogens (tertiary/aromatic N) is 1. The van der Waals surface area contributed by atoms with Gasteiger partial charge in [-0.25, -0.2) is 4.98 Å². The summed E-state index contributed by atoms with van der Waals surface area (Å²) in [6, 6.07) is 11.6. The predicted molar refractivity (Wildman–Crippen MR) is 63.2 cm³/mol. The van der Waals surface area contributed by atoms with Crippen LogP contribution in [0.3, 0.4) is 0 Å². The van der Waals surface area contributed by atoms with Gasteiger partial charge in [-0.05, 0) is 40.5 Å². The summed E-state index contributed by atoms with van der Waals surface area (Å²) in [6.07, 6.45) is 1.72. The zero-order valence-corrected chi connectivity index (χ0v) is 9.86. The monoisotopic (exact) mass is 263 g/mol. The van der Waals surface area contributed by atoms with Crippen molar-refractivity contribution in [3.05, 3.63) is 52.6 Å². The fraction of sp³-hybridized carbons (Fsp3) is 0.0833. The molecule has 2 rings (SSSR count). The molecule has 0 N–H and O–H groups in total. The van der Waals surface area contributed by atoms with Crippen LogP contribution in [0.25, 0.3) is 0 Å². The van der Waals surface area contributed by atoms with Gasteiger partial charge in [-0.1, -0.05) is 18.2 Å². The molecule has 0 fully saturated rings. The van der Waals surface area contributed by atoms with E-state index in [4.69, 9.17) is 4.74 Å². The SMILES string of the molecule is Cc1ccccc1Oc1ccc(Br)cn1. The molecule has 0 radical (unpaired) electrons. The quantitative estimate of drug-likeness (QED) is 0.819. The standard InChI is InChI=1S/C12H10BrNO/c1-9-4-2-3-5-11(9)15-12-7-6-10(13)8-14-12/h2-8H,1H3. The maximum absolute atomic E-state index is 5.63. The predicted octanol–water partition coefficient (Wildman–Crippen LogP) is 3.94. The van der Waals surface area contributed by atoms with Crippen molar-refractivity contribution in [2.24, 2.45) is 0 Å². The number of rotatable bonds is 2. The first-order valence-corrected chi connectivity index (χ1v) is 5.40. The topological polar surface area (TPSA) is 22.1 Å². The molecule has 76 valence electrons. The summed E-state index contributed by atoms with van der Waals surface area (Å²) in [5, 5.41) is 0. The van der Waals surface area contributed by atoms with Gasteiger partial charge in [0.25, 0.3) is 0 Å². The van der Waals surface area contributed by atoms with Crippen molar-refractivity contribution in [3.63, 3.8) is 0 Å². The normalized spacial score (nSPS) is 10.0. The van der Waals surface area contributed by atoms with Crippen molar-refractivity contribution in [3.8, 4) is 11.6 Å². The Morgan fingerprint density at radius 1 is 1.13 bits per heavy atom.